The van der Waals surface area contributed by atoms with Gasteiger partial charge >= 0.3 is 0 Å². The molecule has 0 aromatic heterocycles. The Bertz CT molecular complexity index is 366. The Balaban J connectivity index is 1.86. The van der Waals surface area contributed by atoms with E-state index in [0.29, 0.717) is 0 Å². The Hall–Kier alpha value is -1.49. The summed E-state index contributed by atoms with van der Waals surface area (Å²) in [5, 5.41) is 0. The quantitative estimate of drug-likeness (QED) is 0.724. The number of carbonyl (C=O) groups is 2. The maximum Gasteiger partial charge on any atom is 0.269 e. The Labute approximate surface area is 107 Å². The molecule has 18 heavy (non-hydrogen) atoms. The minimum atomic E-state index is -0.361. The monoisotopic (exact) mass is 249 g/mol. The first-order valence-electron chi connectivity index (χ1n) is 6.48. The van der Waals surface area contributed by atoms with Crippen LogP contribution in [0.1, 0.15) is 13.3 Å². The molecule has 0 spiro atoms. The molecule has 5 nitrogen and oxygen atoms in total. The number of rotatable bonds is 3. The summed E-state index contributed by atoms with van der Waals surface area (Å²) in [5.41, 5.74) is 0. The molecule has 2 aliphatic rings. The first-order valence-corrected chi connectivity index (χ1v) is 6.48. The second-order valence-electron chi connectivity index (χ2n) is 4.67. The van der Waals surface area contributed by atoms with Crippen LogP contribution in [0.3, 0.4) is 0 Å². The van der Waals surface area contributed by atoms with Gasteiger partial charge in [-0.05, 0) is 13.0 Å². The number of hydrogen-bond acceptors (Lipinski definition) is 3. The van der Waals surface area contributed by atoms with Crippen molar-refractivity contribution in [1.82, 2.24) is 9.80 Å². The molecule has 0 aliphatic carbocycles. The maximum absolute atomic E-state index is 12.2. The first-order chi connectivity index (χ1) is 8.70. The fraction of sp³-hybridized carbons (Fsp3) is 0.615. The first kappa shape index (κ1) is 13.0. The Morgan fingerprint density at radius 1 is 1.39 bits per heavy atom. The van der Waals surface area contributed by atoms with Gasteiger partial charge in [0.1, 0.15) is 0 Å². The van der Waals surface area contributed by atoms with E-state index in [2.05, 4.69) is 16.8 Å². The summed E-state index contributed by atoms with van der Waals surface area (Å²) in [6.07, 6.45) is 5.60. The number of aliphatic imine (C=N–C) groups is 1. The van der Waals surface area contributed by atoms with E-state index in [9.17, 15) is 9.59 Å². The zero-order valence-electron chi connectivity index (χ0n) is 10.7. The van der Waals surface area contributed by atoms with Crippen LogP contribution in [0, 0.1) is 5.92 Å². The zero-order valence-corrected chi connectivity index (χ0v) is 10.7. The third kappa shape index (κ3) is 3.04. The van der Waals surface area contributed by atoms with Gasteiger partial charge in [-0.25, -0.2) is 4.99 Å². The number of carbonyl (C=O) groups excluding carboxylic acids is 2. The largest absolute Gasteiger partial charge is 0.339 e. The predicted octanol–water partition coefficient (Wildman–Crippen LogP) is 0.324. The minimum Gasteiger partial charge on any atom is -0.339 e. The molecular formula is C13H19N3O2. The third-order valence-electron chi connectivity index (χ3n) is 3.32. The van der Waals surface area contributed by atoms with Crippen molar-refractivity contribution in [3.63, 3.8) is 0 Å². The Morgan fingerprint density at radius 2 is 2.11 bits per heavy atom. The average molecular weight is 249 g/mol. The molecule has 0 radical (unpaired) electrons. The maximum atomic E-state index is 12.2. The molecule has 1 unspecified atom stereocenters. The van der Waals surface area contributed by atoms with Gasteiger partial charge in [-0.1, -0.05) is 13.0 Å². The number of nitrogens with zero attached hydrogens (tertiary/aromatic N) is 3. The summed E-state index contributed by atoms with van der Waals surface area (Å²) < 4.78 is 0. The van der Waals surface area contributed by atoms with E-state index in [1.165, 1.54) is 12.3 Å². The molecule has 1 atom stereocenters. The second-order valence-corrected chi connectivity index (χ2v) is 4.67. The van der Waals surface area contributed by atoms with Crippen molar-refractivity contribution in [2.75, 3.05) is 32.7 Å². The van der Waals surface area contributed by atoms with Crippen molar-refractivity contribution in [3.05, 3.63) is 12.2 Å². The van der Waals surface area contributed by atoms with Crippen LogP contribution >= 0.6 is 0 Å². The standard InChI is InChI=1S/C13H19N3O2/c1-2-5-15-6-8-16(9-7-15)13(18)11-3-4-12(17)14-10-11/h3-4,10-11H,2,5-9H2,1H3. The topological polar surface area (TPSA) is 53.0 Å². The zero-order chi connectivity index (χ0) is 13.0. The van der Waals surface area contributed by atoms with Gasteiger partial charge in [-0.2, -0.15) is 0 Å². The van der Waals surface area contributed by atoms with E-state index >= 15 is 0 Å². The van der Waals surface area contributed by atoms with Gasteiger partial charge < -0.3 is 4.90 Å². The molecule has 0 saturated carbocycles. The highest BCUT2D eigenvalue weighted by atomic mass is 16.2. The van der Waals surface area contributed by atoms with Crippen molar-refractivity contribution in [2.24, 2.45) is 10.9 Å². The van der Waals surface area contributed by atoms with Crippen LogP contribution in [0.2, 0.25) is 0 Å². The molecule has 0 aromatic carbocycles. The number of dihydropyridines is 1. The highest BCUT2D eigenvalue weighted by Gasteiger charge is 2.25. The summed E-state index contributed by atoms with van der Waals surface area (Å²) >= 11 is 0. The van der Waals surface area contributed by atoms with Crippen molar-refractivity contribution in [1.29, 1.82) is 0 Å². The predicted molar refractivity (Wildman–Crippen MR) is 69.4 cm³/mol. The van der Waals surface area contributed by atoms with Gasteiger partial charge in [0, 0.05) is 38.5 Å². The average Bonchev–Trinajstić information content (AvgIpc) is 2.40. The van der Waals surface area contributed by atoms with E-state index < -0.39 is 0 Å². The summed E-state index contributed by atoms with van der Waals surface area (Å²) in [6.45, 7) is 6.67. The van der Waals surface area contributed by atoms with Gasteiger partial charge in [-0.3, -0.25) is 14.5 Å². The van der Waals surface area contributed by atoms with Crippen molar-refractivity contribution in [2.45, 2.75) is 13.3 Å². The molecule has 1 saturated heterocycles. The molecule has 2 heterocycles. The van der Waals surface area contributed by atoms with Gasteiger partial charge in [0.25, 0.3) is 5.91 Å². The van der Waals surface area contributed by atoms with Crippen molar-refractivity contribution in [3.8, 4) is 0 Å². The Morgan fingerprint density at radius 3 is 2.67 bits per heavy atom. The fourth-order valence-electron chi connectivity index (χ4n) is 2.30. The van der Waals surface area contributed by atoms with Gasteiger partial charge in [0.05, 0.1) is 5.92 Å². The van der Waals surface area contributed by atoms with E-state index in [-0.39, 0.29) is 17.7 Å². The Kier molecular flexibility index (Phi) is 4.25. The molecule has 0 N–H and O–H groups in total. The fourth-order valence-corrected chi connectivity index (χ4v) is 2.30. The SMILES string of the molecule is CCCN1CCN(C(=O)C2C=CC(=O)N=C2)CC1. The number of amides is 2. The smallest absolute Gasteiger partial charge is 0.269 e. The van der Waals surface area contributed by atoms with Gasteiger partial charge in [-0.15, -0.1) is 0 Å². The van der Waals surface area contributed by atoms with Crippen LogP contribution in [0.4, 0.5) is 0 Å². The third-order valence-corrected chi connectivity index (χ3v) is 3.32. The molecule has 0 bridgehead atoms. The second kappa shape index (κ2) is 5.91. The molecule has 5 heteroatoms. The van der Waals surface area contributed by atoms with Crippen LogP contribution in [0.25, 0.3) is 0 Å². The lowest BCUT2D eigenvalue weighted by molar-refractivity contribution is -0.133. The van der Waals surface area contributed by atoms with E-state index in [4.69, 9.17) is 0 Å². The van der Waals surface area contributed by atoms with Crippen LogP contribution in [-0.4, -0.2) is 60.6 Å². The highest BCUT2D eigenvalue weighted by Crippen LogP contribution is 2.10. The summed E-state index contributed by atoms with van der Waals surface area (Å²) in [6, 6.07) is 0. The van der Waals surface area contributed by atoms with E-state index in [1.807, 2.05) is 4.90 Å². The molecule has 1 fully saturated rings. The molecule has 2 amide bonds. The molecular weight excluding hydrogens is 230 g/mol. The van der Waals surface area contributed by atoms with Crippen LogP contribution in [0.15, 0.2) is 17.1 Å². The summed E-state index contributed by atoms with van der Waals surface area (Å²) in [7, 11) is 0. The summed E-state index contributed by atoms with van der Waals surface area (Å²) in [5.74, 6) is -0.592. The van der Waals surface area contributed by atoms with E-state index in [0.717, 1.165) is 39.1 Å². The van der Waals surface area contributed by atoms with Gasteiger partial charge in [0.15, 0.2) is 0 Å². The van der Waals surface area contributed by atoms with Crippen molar-refractivity contribution < 1.29 is 9.59 Å². The number of piperazine rings is 1. The molecule has 2 rings (SSSR count). The molecule has 98 valence electrons. The lowest BCUT2D eigenvalue weighted by Crippen LogP contribution is -2.50. The lowest BCUT2D eigenvalue weighted by Gasteiger charge is -2.35. The van der Waals surface area contributed by atoms with Crippen LogP contribution in [0.5, 0.6) is 0 Å². The minimum absolute atomic E-state index is 0.0543. The van der Waals surface area contributed by atoms with Crippen molar-refractivity contribution >= 4 is 18.0 Å². The van der Waals surface area contributed by atoms with Crippen LogP contribution < -0.4 is 0 Å². The normalized spacial score (nSPS) is 24.6. The van der Waals surface area contributed by atoms with E-state index in [1.54, 1.807) is 6.08 Å². The van der Waals surface area contributed by atoms with Gasteiger partial charge in [0.2, 0.25) is 5.91 Å². The molecule has 2 aliphatic heterocycles. The summed E-state index contributed by atoms with van der Waals surface area (Å²) in [4.78, 5) is 31.0. The van der Waals surface area contributed by atoms with Crippen LogP contribution in [-0.2, 0) is 9.59 Å². The molecule has 0 aromatic rings. The lowest BCUT2D eigenvalue weighted by atomic mass is 10.1. The highest BCUT2D eigenvalue weighted by molar-refractivity contribution is 6.05. The number of hydrogen-bond donors (Lipinski definition) is 0.